The molecule has 29 heavy (non-hydrogen) atoms. The molecule has 0 unspecified atom stereocenters. The van der Waals surface area contributed by atoms with Crippen molar-refractivity contribution in [2.45, 2.75) is 45.1 Å². The maximum atomic E-state index is 13.9. The molecule has 1 aliphatic rings. The number of halogens is 4. The van der Waals surface area contributed by atoms with Crippen LogP contribution in [0.25, 0.3) is 11.0 Å². The molecule has 4 nitrogen and oxygen atoms in total. The lowest BCUT2D eigenvalue weighted by Crippen LogP contribution is -2.27. The second-order valence-electron chi connectivity index (χ2n) is 8.54. The molecule has 1 aliphatic heterocycles. The molecule has 0 spiro atoms. The van der Waals surface area contributed by atoms with Crippen molar-refractivity contribution in [3.63, 3.8) is 0 Å². The highest BCUT2D eigenvalue weighted by atomic mass is 35.5. The van der Waals surface area contributed by atoms with Crippen LogP contribution in [0.2, 0.25) is 10.0 Å². The molecule has 0 aliphatic carbocycles. The summed E-state index contributed by atoms with van der Waals surface area (Å²) in [5, 5.41) is 1.75. The van der Waals surface area contributed by atoms with Crippen LogP contribution < -0.4 is 4.90 Å². The molecule has 1 saturated heterocycles. The van der Waals surface area contributed by atoms with Gasteiger partial charge in [0.2, 0.25) is 0 Å². The van der Waals surface area contributed by atoms with Crippen LogP contribution in [0.4, 0.5) is 14.6 Å². The quantitative estimate of drug-likeness (QED) is 0.507. The number of aromatic nitrogens is 3. The first-order valence-electron chi connectivity index (χ1n) is 9.48. The van der Waals surface area contributed by atoms with Crippen molar-refractivity contribution in [1.82, 2.24) is 14.5 Å². The summed E-state index contributed by atoms with van der Waals surface area (Å²) in [7, 11) is 0. The Bertz CT molecular complexity index is 1070. The van der Waals surface area contributed by atoms with E-state index in [0.717, 1.165) is 10.9 Å². The number of alkyl halides is 2. The van der Waals surface area contributed by atoms with Crippen LogP contribution in [-0.4, -0.2) is 33.5 Å². The van der Waals surface area contributed by atoms with Crippen LogP contribution in [0.5, 0.6) is 0 Å². The molecule has 3 heterocycles. The Hall–Kier alpha value is -1.92. The highest BCUT2D eigenvalue weighted by Crippen LogP contribution is 2.36. The molecule has 1 fully saturated rings. The predicted octanol–water partition coefficient (Wildman–Crippen LogP) is 5.93. The topological polar surface area (TPSA) is 34.0 Å². The van der Waals surface area contributed by atoms with Gasteiger partial charge in [-0.2, -0.15) is 0 Å². The monoisotopic (exact) mass is 438 g/mol. The van der Waals surface area contributed by atoms with Crippen molar-refractivity contribution in [2.24, 2.45) is 0 Å². The highest BCUT2D eigenvalue weighted by Gasteiger charge is 2.40. The summed E-state index contributed by atoms with van der Waals surface area (Å²) in [5.74, 6) is -1.52. The Morgan fingerprint density at radius 3 is 2.55 bits per heavy atom. The van der Waals surface area contributed by atoms with E-state index in [-0.39, 0.29) is 24.9 Å². The summed E-state index contributed by atoms with van der Waals surface area (Å²) >= 11 is 12.5. The van der Waals surface area contributed by atoms with Gasteiger partial charge in [-0.25, -0.2) is 18.7 Å². The Morgan fingerprint density at radius 1 is 1.14 bits per heavy atom. The molecular weight excluding hydrogens is 417 g/mol. The Balaban J connectivity index is 1.84. The van der Waals surface area contributed by atoms with Crippen LogP contribution in [0.15, 0.2) is 30.5 Å². The maximum absolute atomic E-state index is 13.9. The normalized spacial score (nSPS) is 16.7. The number of benzene rings is 1. The third-order valence-electron chi connectivity index (χ3n) is 5.11. The fourth-order valence-corrected chi connectivity index (χ4v) is 3.90. The van der Waals surface area contributed by atoms with Crippen molar-refractivity contribution in [3.05, 3.63) is 51.9 Å². The van der Waals surface area contributed by atoms with Crippen molar-refractivity contribution in [1.29, 1.82) is 0 Å². The smallest absolute Gasteiger partial charge is 0.266 e. The lowest BCUT2D eigenvalue weighted by molar-refractivity contribution is 0.0257. The lowest BCUT2D eigenvalue weighted by Gasteiger charge is -2.23. The van der Waals surface area contributed by atoms with Crippen LogP contribution in [0, 0.1) is 0 Å². The summed E-state index contributed by atoms with van der Waals surface area (Å²) in [6.45, 7) is 6.45. The minimum absolute atomic E-state index is 0.165. The summed E-state index contributed by atoms with van der Waals surface area (Å²) < 4.78 is 29.7. The summed E-state index contributed by atoms with van der Waals surface area (Å²) in [6, 6.07) is 7.38. The van der Waals surface area contributed by atoms with Gasteiger partial charge in [-0.15, -0.1) is 0 Å². The van der Waals surface area contributed by atoms with Crippen molar-refractivity contribution < 1.29 is 8.78 Å². The van der Waals surface area contributed by atoms with Gasteiger partial charge < -0.3 is 9.47 Å². The second-order valence-corrected chi connectivity index (χ2v) is 9.33. The number of nitrogens with zero attached hydrogens (tertiary/aromatic N) is 4. The fraction of sp³-hybridized carbons (Fsp3) is 0.429. The molecule has 0 bridgehead atoms. The fourth-order valence-electron chi connectivity index (χ4n) is 3.52. The lowest BCUT2D eigenvalue weighted by atomic mass is 9.95. The van der Waals surface area contributed by atoms with E-state index in [0.29, 0.717) is 33.9 Å². The van der Waals surface area contributed by atoms with Gasteiger partial charge in [-0.3, -0.25) is 0 Å². The molecule has 2 aromatic heterocycles. The average molecular weight is 439 g/mol. The standard InChI is InChI=1S/C21H22Cl2F2N4/c1-20(2,3)19-26-17-14(18(27-19)29-10-8-21(24,25)12-29)7-9-28(17)11-13-5-4-6-15(22)16(13)23/h4-7,9H,8,10-12H2,1-3H3. The number of fused-ring (bicyclic) bond motifs is 1. The summed E-state index contributed by atoms with van der Waals surface area (Å²) in [5.41, 5.74) is 1.24. The molecule has 8 heteroatoms. The molecule has 0 saturated carbocycles. The number of hydrogen-bond acceptors (Lipinski definition) is 3. The highest BCUT2D eigenvalue weighted by molar-refractivity contribution is 6.42. The molecule has 0 atom stereocenters. The Morgan fingerprint density at radius 2 is 1.90 bits per heavy atom. The largest absolute Gasteiger partial charge is 0.350 e. The van der Waals surface area contributed by atoms with Gasteiger partial charge in [0.05, 0.1) is 28.5 Å². The summed E-state index contributed by atoms with van der Waals surface area (Å²) in [4.78, 5) is 11.1. The number of hydrogen-bond donors (Lipinski definition) is 0. The first-order chi connectivity index (χ1) is 13.5. The predicted molar refractivity (Wildman–Crippen MR) is 114 cm³/mol. The number of anilines is 1. The van der Waals surface area contributed by atoms with Gasteiger partial charge in [0.25, 0.3) is 5.92 Å². The van der Waals surface area contributed by atoms with Crippen molar-refractivity contribution in [3.8, 4) is 0 Å². The van der Waals surface area contributed by atoms with E-state index in [1.165, 1.54) is 0 Å². The van der Waals surface area contributed by atoms with Gasteiger partial charge in [0, 0.05) is 24.6 Å². The van der Waals surface area contributed by atoms with E-state index >= 15 is 0 Å². The third-order valence-corrected chi connectivity index (χ3v) is 5.97. The van der Waals surface area contributed by atoms with Crippen LogP contribution in [-0.2, 0) is 12.0 Å². The zero-order valence-corrected chi connectivity index (χ0v) is 18.0. The van der Waals surface area contributed by atoms with E-state index in [9.17, 15) is 8.78 Å². The van der Waals surface area contributed by atoms with E-state index in [1.807, 2.05) is 49.7 Å². The summed E-state index contributed by atoms with van der Waals surface area (Å²) in [6.07, 6.45) is 1.73. The number of rotatable bonds is 3. The van der Waals surface area contributed by atoms with Crippen molar-refractivity contribution in [2.75, 3.05) is 18.0 Å². The molecule has 0 N–H and O–H groups in total. The SMILES string of the molecule is CC(C)(C)c1nc(N2CCC(F)(F)C2)c2ccn(Cc3cccc(Cl)c3Cl)c2n1. The van der Waals surface area contributed by atoms with E-state index < -0.39 is 5.92 Å². The molecular formula is C21H22Cl2F2N4. The Kier molecular flexibility index (Phi) is 4.98. The molecule has 154 valence electrons. The van der Waals surface area contributed by atoms with Gasteiger partial charge in [-0.05, 0) is 17.7 Å². The van der Waals surface area contributed by atoms with Crippen LogP contribution >= 0.6 is 23.2 Å². The first kappa shape index (κ1) is 20.4. The minimum Gasteiger partial charge on any atom is -0.350 e. The first-order valence-corrected chi connectivity index (χ1v) is 10.2. The molecule has 0 radical (unpaired) electrons. The van der Waals surface area contributed by atoms with Gasteiger partial charge in [0.1, 0.15) is 17.3 Å². The Labute approximate surface area is 178 Å². The minimum atomic E-state index is -2.70. The molecule has 1 aromatic carbocycles. The van der Waals surface area contributed by atoms with Crippen molar-refractivity contribution >= 4 is 40.1 Å². The van der Waals surface area contributed by atoms with Gasteiger partial charge in [-0.1, -0.05) is 56.1 Å². The molecule has 0 amide bonds. The maximum Gasteiger partial charge on any atom is 0.266 e. The van der Waals surface area contributed by atoms with Gasteiger partial charge >= 0.3 is 0 Å². The zero-order chi connectivity index (χ0) is 21.0. The van der Waals surface area contributed by atoms with Gasteiger partial charge in [0.15, 0.2) is 0 Å². The average Bonchev–Trinajstić information content (AvgIpc) is 3.20. The molecule has 3 aromatic rings. The second kappa shape index (κ2) is 7.10. The molecule has 4 rings (SSSR count). The van der Waals surface area contributed by atoms with Crippen LogP contribution in [0.3, 0.4) is 0 Å². The van der Waals surface area contributed by atoms with E-state index in [4.69, 9.17) is 33.2 Å². The third kappa shape index (κ3) is 3.92. The van der Waals surface area contributed by atoms with E-state index in [1.54, 1.807) is 11.0 Å². The van der Waals surface area contributed by atoms with E-state index in [2.05, 4.69) is 0 Å². The van der Waals surface area contributed by atoms with Crippen LogP contribution in [0.1, 0.15) is 38.6 Å². The zero-order valence-electron chi connectivity index (χ0n) is 16.5.